The number of aromatic nitrogens is 2. The maximum atomic E-state index is 5.98. The first-order valence-corrected chi connectivity index (χ1v) is 7.27. The Hall–Kier alpha value is -1.77. The van der Waals surface area contributed by atoms with Crippen molar-refractivity contribution in [2.75, 3.05) is 6.61 Å². The van der Waals surface area contributed by atoms with Crippen LogP contribution in [-0.4, -0.2) is 16.2 Å². The molecule has 20 heavy (non-hydrogen) atoms. The molecule has 1 aliphatic rings. The van der Waals surface area contributed by atoms with E-state index in [1.54, 1.807) is 0 Å². The lowest BCUT2D eigenvalue weighted by Crippen LogP contribution is -2.14. The zero-order chi connectivity index (χ0) is 14.3. The molecule has 0 bridgehead atoms. The van der Waals surface area contributed by atoms with E-state index >= 15 is 0 Å². The molecule has 2 heterocycles. The van der Waals surface area contributed by atoms with Gasteiger partial charge in [-0.1, -0.05) is 26.8 Å². The number of imidazole rings is 1. The number of rotatable bonds is 0. The summed E-state index contributed by atoms with van der Waals surface area (Å²) >= 11 is 0. The summed E-state index contributed by atoms with van der Waals surface area (Å²) in [7, 11) is 0. The molecule has 3 rings (SSSR count). The van der Waals surface area contributed by atoms with Crippen LogP contribution in [0.15, 0.2) is 24.5 Å². The minimum absolute atomic E-state index is 0.133. The highest BCUT2D eigenvalue weighted by atomic mass is 16.5. The zero-order valence-corrected chi connectivity index (χ0v) is 12.7. The highest BCUT2D eigenvalue weighted by molar-refractivity contribution is 5.51. The van der Waals surface area contributed by atoms with E-state index in [1.165, 1.54) is 11.3 Å². The number of fused-ring (bicyclic) bond motifs is 3. The van der Waals surface area contributed by atoms with Gasteiger partial charge in [0.05, 0.1) is 24.3 Å². The lowest BCUT2D eigenvalue weighted by atomic mass is 9.87. The van der Waals surface area contributed by atoms with Crippen molar-refractivity contribution in [1.82, 2.24) is 9.55 Å². The molecular formula is C17H22N2O. The number of benzene rings is 1. The molecule has 3 nitrogen and oxygen atoms in total. The molecule has 106 valence electrons. The van der Waals surface area contributed by atoms with Crippen LogP contribution in [0, 0.1) is 6.92 Å². The topological polar surface area (TPSA) is 27.1 Å². The van der Waals surface area contributed by atoms with E-state index in [2.05, 4.69) is 55.4 Å². The maximum absolute atomic E-state index is 5.98. The number of aryl methyl sites for hydroxylation is 1. The molecular weight excluding hydrogens is 248 g/mol. The van der Waals surface area contributed by atoms with Crippen LogP contribution in [0.4, 0.5) is 0 Å². The Morgan fingerprint density at radius 1 is 1.25 bits per heavy atom. The number of ether oxygens (including phenoxy) is 1. The van der Waals surface area contributed by atoms with E-state index in [-0.39, 0.29) is 5.41 Å². The van der Waals surface area contributed by atoms with Gasteiger partial charge in [-0.25, -0.2) is 4.98 Å². The van der Waals surface area contributed by atoms with Crippen LogP contribution in [0.25, 0.3) is 5.69 Å². The largest absolute Gasteiger partial charge is 0.491 e. The second-order valence-electron chi connectivity index (χ2n) is 6.53. The van der Waals surface area contributed by atoms with Gasteiger partial charge in [-0.3, -0.25) is 4.57 Å². The standard InChI is InChI=1S/C17H22N2O/c1-12-14-6-5-9-20-16-10-13(17(2,3)4)7-8-15(16)19(14)11-18-12/h7-8,10-11H,5-6,9H2,1-4H3. The quantitative estimate of drug-likeness (QED) is 0.728. The predicted molar refractivity (Wildman–Crippen MR) is 80.8 cm³/mol. The van der Waals surface area contributed by atoms with Gasteiger partial charge >= 0.3 is 0 Å². The summed E-state index contributed by atoms with van der Waals surface area (Å²) < 4.78 is 8.16. The minimum atomic E-state index is 0.133. The first kappa shape index (κ1) is 13.2. The molecule has 1 aromatic heterocycles. The SMILES string of the molecule is Cc1ncn2c1CCCOc1cc(C(C)(C)C)ccc1-2. The summed E-state index contributed by atoms with van der Waals surface area (Å²) in [5.41, 5.74) is 4.97. The lowest BCUT2D eigenvalue weighted by molar-refractivity contribution is 0.304. The van der Waals surface area contributed by atoms with Crippen molar-refractivity contribution in [2.24, 2.45) is 0 Å². The van der Waals surface area contributed by atoms with Crippen LogP contribution in [0.1, 0.15) is 44.1 Å². The molecule has 3 heteroatoms. The Morgan fingerprint density at radius 2 is 2.05 bits per heavy atom. The summed E-state index contributed by atoms with van der Waals surface area (Å²) in [6.45, 7) is 9.53. The van der Waals surface area contributed by atoms with Crippen LogP contribution in [0.5, 0.6) is 5.75 Å². The molecule has 0 saturated heterocycles. The van der Waals surface area contributed by atoms with E-state index in [4.69, 9.17) is 4.74 Å². The normalized spacial score (nSPS) is 14.8. The molecule has 2 aromatic rings. The summed E-state index contributed by atoms with van der Waals surface area (Å²) in [6, 6.07) is 6.54. The number of hydrogen-bond donors (Lipinski definition) is 0. The molecule has 0 radical (unpaired) electrons. The van der Waals surface area contributed by atoms with Gasteiger partial charge in [0.15, 0.2) is 0 Å². The average molecular weight is 270 g/mol. The smallest absolute Gasteiger partial charge is 0.143 e. The maximum Gasteiger partial charge on any atom is 0.143 e. The second-order valence-corrected chi connectivity index (χ2v) is 6.53. The Bertz CT molecular complexity index is 635. The van der Waals surface area contributed by atoms with E-state index in [1.807, 2.05) is 6.33 Å². The Kier molecular flexibility index (Phi) is 3.08. The van der Waals surface area contributed by atoms with Crippen molar-refractivity contribution in [2.45, 2.75) is 46.0 Å². The molecule has 1 aliphatic heterocycles. The molecule has 0 atom stereocenters. The summed E-state index contributed by atoms with van der Waals surface area (Å²) in [5.74, 6) is 0.968. The van der Waals surface area contributed by atoms with Gasteiger partial charge in [0.1, 0.15) is 5.75 Å². The van der Waals surface area contributed by atoms with Crippen molar-refractivity contribution >= 4 is 0 Å². The third-order valence-electron chi connectivity index (χ3n) is 3.98. The predicted octanol–water partition coefficient (Wildman–Crippen LogP) is 3.80. The molecule has 0 saturated carbocycles. The lowest BCUT2D eigenvalue weighted by Gasteiger charge is -2.23. The monoisotopic (exact) mass is 270 g/mol. The molecule has 0 N–H and O–H groups in total. The van der Waals surface area contributed by atoms with E-state index < -0.39 is 0 Å². The number of hydrogen-bond acceptors (Lipinski definition) is 2. The van der Waals surface area contributed by atoms with E-state index in [9.17, 15) is 0 Å². The summed E-state index contributed by atoms with van der Waals surface area (Å²) in [5, 5.41) is 0. The van der Waals surface area contributed by atoms with Crippen LogP contribution in [-0.2, 0) is 11.8 Å². The highest BCUT2D eigenvalue weighted by Gasteiger charge is 2.20. The van der Waals surface area contributed by atoms with Crippen molar-refractivity contribution in [3.63, 3.8) is 0 Å². The fourth-order valence-electron chi connectivity index (χ4n) is 2.69. The minimum Gasteiger partial charge on any atom is -0.491 e. The van der Waals surface area contributed by atoms with Gasteiger partial charge in [0.25, 0.3) is 0 Å². The second kappa shape index (κ2) is 4.65. The van der Waals surface area contributed by atoms with Crippen LogP contribution in [0.2, 0.25) is 0 Å². The molecule has 0 spiro atoms. The molecule has 1 aromatic carbocycles. The fourth-order valence-corrected chi connectivity index (χ4v) is 2.69. The van der Waals surface area contributed by atoms with Gasteiger partial charge in [-0.05, 0) is 42.9 Å². The van der Waals surface area contributed by atoms with E-state index in [0.29, 0.717) is 0 Å². The summed E-state index contributed by atoms with van der Waals surface area (Å²) in [4.78, 5) is 4.46. The number of nitrogens with zero attached hydrogens (tertiary/aromatic N) is 2. The van der Waals surface area contributed by atoms with Gasteiger partial charge in [0, 0.05) is 5.69 Å². The van der Waals surface area contributed by atoms with Gasteiger partial charge in [-0.15, -0.1) is 0 Å². The van der Waals surface area contributed by atoms with Gasteiger partial charge in [0.2, 0.25) is 0 Å². The van der Waals surface area contributed by atoms with Crippen molar-refractivity contribution in [1.29, 1.82) is 0 Å². The van der Waals surface area contributed by atoms with Crippen molar-refractivity contribution in [3.05, 3.63) is 41.5 Å². The third-order valence-corrected chi connectivity index (χ3v) is 3.98. The first-order valence-electron chi connectivity index (χ1n) is 7.27. The zero-order valence-electron chi connectivity index (χ0n) is 12.7. The van der Waals surface area contributed by atoms with Crippen LogP contribution in [0.3, 0.4) is 0 Å². The van der Waals surface area contributed by atoms with E-state index in [0.717, 1.165) is 36.6 Å². The Morgan fingerprint density at radius 3 is 2.80 bits per heavy atom. The third kappa shape index (κ3) is 2.21. The fraction of sp³-hybridized carbons (Fsp3) is 0.471. The summed E-state index contributed by atoms with van der Waals surface area (Å²) in [6.07, 6.45) is 3.97. The van der Waals surface area contributed by atoms with Gasteiger partial charge < -0.3 is 4.74 Å². The molecule has 0 amide bonds. The molecule has 0 aliphatic carbocycles. The first-order chi connectivity index (χ1) is 9.47. The highest BCUT2D eigenvalue weighted by Crippen LogP contribution is 2.33. The Balaban J connectivity index is 2.16. The molecule has 0 unspecified atom stereocenters. The molecule has 0 fully saturated rings. The van der Waals surface area contributed by atoms with Crippen LogP contribution < -0.4 is 4.74 Å². The van der Waals surface area contributed by atoms with Gasteiger partial charge in [-0.2, -0.15) is 0 Å². The average Bonchev–Trinajstić information content (AvgIpc) is 2.71. The van der Waals surface area contributed by atoms with Crippen LogP contribution >= 0.6 is 0 Å². The van der Waals surface area contributed by atoms with Crippen molar-refractivity contribution in [3.8, 4) is 11.4 Å². The Labute approximate surface area is 120 Å². The van der Waals surface area contributed by atoms with Crippen molar-refractivity contribution < 1.29 is 4.74 Å².